The van der Waals surface area contributed by atoms with Crippen molar-refractivity contribution in [2.24, 2.45) is 5.73 Å². The highest BCUT2D eigenvalue weighted by atomic mass is 16.5. The van der Waals surface area contributed by atoms with Crippen LogP contribution in [0.3, 0.4) is 0 Å². The second-order valence-corrected chi connectivity index (χ2v) is 4.75. The van der Waals surface area contributed by atoms with Crippen LogP contribution in [0.2, 0.25) is 0 Å². The number of nitrogens with two attached hydrogens (primary N) is 1. The molecule has 2 aromatic rings. The van der Waals surface area contributed by atoms with Gasteiger partial charge in [0, 0.05) is 0 Å². The molecule has 0 amide bonds. The van der Waals surface area contributed by atoms with Crippen molar-refractivity contribution in [2.45, 2.75) is 19.4 Å². The molecule has 2 aromatic carbocycles. The first-order valence-corrected chi connectivity index (χ1v) is 6.05. The molecule has 0 fully saturated rings. The minimum atomic E-state index is -0.514. The number of methoxy groups -OCH3 is 1. The summed E-state index contributed by atoms with van der Waals surface area (Å²) in [5.41, 5.74) is 9.40. The molecule has 0 saturated heterocycles. The average Bonchev–Trinajstić information content (AvgIpc) is 2.39. The van der Waals surface area contributed by atoms with Crippen LogP contribution in [0, 0.1) is 6.92 Å². The van der Waals surface area contributed by atoms with E-state index in [9.17, 15) is 0 Å². The summed E-state index contributed by atoms with van der Waals surface area (Å²) in [6, 6.07) is 16.1. The predicted molar refractivity (Wildman–Crippen MR) is 74.8 cm³/mol. The average molecular weight is 241 g/mol. The van der Waals surface area contributed by atoms with Gasteiger partial charge in [-0.15, -0.1) is 0 Å². The Balaban J connectivity index is 2.50. The van der Waals surface area contributed by atoms with Gasteiger partial charge in [-0.25, -0.2) is 0 Å². The summed E-state index contributed by atoms with van der Waals surface area (Å²) in [7, 11) is 1.67. The third kappa shape index (κ3) is 2.24. The summed E-state index contributed by atoms with van der Waals surface area (Å²) in [5, 5.41) is 0. The molecule has 0 heterocycles. The van der Waals surface area contributed by atoms with Crippen LogP contribution in [-0.4, -0.2) is 7.11 Å². The van der Waals surface area contributed by atoms with E-state index in [0.717, 1.165) is 16.9 Å². The van der Waals surface area contributed by atoms with Crippen molar-refractivity contribution in [3.8, 4) is 5.75 Å². The van der Waals surface area contributed by atoms with Gasteiger partial charge in [0.2, 0.25) is 0 Å². The Morgan fingerprint density at radius 2 is 1.78 bits per heavy atom. The van der Waals surface area contributed by atoms with Crippen LogP contribution < -0.4 is 10.5 Å². The molecule has 1 unspecified atom stereocenters. The maximum absolute atomic E-state index is 6.53. The van der Waals surface area contributed by atoms with Crippen LogP contribution in [-0.2, 0) is 5.54 Å². The Morgan fingerprint density at radius 1 is 1.06 bits per heavy atom. The monoisotopic (exact) mass is 241 g/mol. The lowest BCUT2D eigenvalue weighted by Crippen LogP contribution is -2.35. The maximum Gasteiger partial charge on any atom is 0.119 e. The van der Waals surface area contributed by atoms with Gasteiger partial charge in [-0.2, -0.15) is 0 Å². The normalized spacial score (nSPS) is 14.0. The molecule has 0 aliphatic rings. The number of benzene rings is 2. The van der Waals surface area contributed by atoms with Crippen LogP contribution in [0.15, 0.2) is 48.5 Å². The topological polar surface area (TPSA) is 35.2 Å². The van der Waals surface area contributed by atoms with Crippen molar-refractivity contribution in [2.75, 3.05) is 7.11 Å². The molecular formula is C16H19NO. The van der Waals surface area contributed by atoms with Crippen molar-refractivity contribution < 1.29 is 4.74 Å². The van der Waals surface area contributed by atoms with Gasteiger partial charge in [0.1, 0.15) is 5.75 Å². The first kappa shape index (κ1) is 12.7. The van der Waals surface area contributed by atoms with Crippen molar-refractivity contribution in [1.82, 2.24) is 0 Å². The molecule has 0 aromatic heterocycles. The fourth-order valence-corrected chi connectivity index (χ4v) is 2.26. The first-order valence-electron chi connectivity index (χ1n) is 6.05. The molecule has 2 heteroatoms. The molecule has 2 rings (SSSR count). The van der Waals surface area contributed by atoms with Gasteiger partial charge in [-0.1, -0.05) is 36.4 Å². The summed E-state index contributed by atoms with van der Waals surface area (Å²) < 4.78 is 5.26. The zero-order chi connectivity index (χ0) is 13.2. The molecule has 0 aliphatic heterocycles. The first-order chi connectivity index (χ1) is 8.55. The number of aryl methyl sites for hydroxylation is 1. The molecule has 0 spiro atoms. The van der Waals surface area contributed by atoms with Crippen LogP contribution in [0.25, 0.3) is 0 Å². The van der Waals surface area contributed by atoms with Gasteiger partial charge in [-0.3, -0.25) is 0 Å². The highest BCUT2D eigenvalue weighted by Crippen LogP contribution is 2.30. The third-order valence-electron chi connectivity index (χ3n) is 3.37. The number of rotatable bonds is 3. The standard InChI is InChI=1S/C16H19NO/c1-12-7-4-5-10-15(12)16(2,17)13-8-6-9-14(11-13)18-3/h4-11H,17H2,1-3H3. The molecule has 18 heavy (non-hydrogen) atoms. The second-order valence-electron chi connectivity index (χ2n) is 4.75. The fourth-order valence-electron chi connectivity index (χ4n) is 2.26. The zero-order valence-electron chi connectivity index (χ0n) is 11.1. The Labute approximate surface area is 108 Å². The number of hydrogen-bond donors (Lipinski definition) is 1. The van der Waals surface area contributed by atoms with E-state index in [0.29, 0.717) is 0 Å². The van der Waals surface area contributed by atoms with Crippen molar-refractivity contribution in [1.29, 1.82) is 0 Å². The van der Waals surface area contributed by atoms with Crippen molar-refractivity contribution >= 4 is 0 Å². The summed E-state index contributed by atoms with van der Waals surface area (Å²) in [6.45, 7) is 4.12. The fraction of sp³-hybridized carbons (Fsp3) is 0.250. The van der Waals surface area contributed by atoms with Gasteiger partial charge in [0.25, 0.3) is 0 Å². The molecule has 2 nitrogen and oxygen atoms in total. The Hall–Kier alpha value is -1.80. The van der Waals surface area contributed by atoms with Gasteiger partial charge < -0.3 is 10.5 Å². The van der Waals surface area contributed by atoms with Crippen LogP contribution in [0.4, 0.5) is 0 Å². The van der Waals surface area contributed by atoms with Crippen molar-refractivity contribution in [3.05, 3.63) is 65.2 Å². The lowest BCUT2D eigenvalue weighted by molar-refractivity contribution is 0.413. The molecule has 94 valence electrons. The van der Waals surface area contributed by atoms with Crippen LogP contribution >= 0.6 is 0 Å². The lowest BCUT2D eigenvalue weighted by atomic mass is 9.83. The highest BCUT2D eigenvalue weighted by Gasteiger charge is 2.25. The van der Waals surface area contributed by atoms with Gasteiger partial charge >= 0.3 is 0 Å². The third-order valence-corrected chi connectivity index (χ3v) is 3.37. The Kier molecular flexibility index (Phi) is 3.39. The minimum absolute atomic E-state index is 0.514. The van der Waals surface area contributed by atoms with Crippen molar-refractivity contribution in [3.63, 3.8) is 0 Å². The summed E-state index contributed by atoms with van der Waals surface area (Å²) in [4.78, 5) is 0. The number of hydrogen-bond acceptors (Lipinski definition) is 2. The lowest BCUT2D eigenvalue weighted by Gasteiger charge is -2.28. The molecule has 1 atom stereocenters. The van der Waals surface area contributed by atoms with Crippen LogP contribution in [0.1, 0.15) is 23.6 Å². The highest BCUT2D eigenvalue weighted by molar-refractivity contribution is 5.43. The Bertz CT molecular complexity index is 546. The van der Waals surface area contributed by atoms with Gasteiger partial charge in [0.05, 0.1) is 12.6 Å². The van der Waals surface area contributed by atoms with E-state index in [1.165, 1.54) is 5.56 Å². The molecule has 0 radical (unpaired) electrons. The summed E-state index contributed by atoms with van der Waals surface area (Å²) >= 11 is 0. The van der Waals surface area contributed by atoms with E-state index < -0.39 is 5.54 Å². The minimum Gasteiger partial charge on any atom is -0.497 e. The summed E-state index contributed by atoms with van der Waals surface area (Å²) in [5.74, 6) is 0.831. The largest absolute Gasteiger partial charge is 0.497 e. The molecule has 0 aliphatic carbocycles. The zero-order valence-corrected chi connectivity index (χ0v) is 11.1. The van der Waals surface area contributed by atoms with E-state index in [1.54, 1.807) is 7.11 Å². The molecule has 0 bridgehead atoms. The van der Waals surface area contributed by atoms with E-state index in [4.69, 9.17) is 10.5 Å². The Morgan fingerprint density at radius 3 is 2.44 bits per heavy atom. The van der Waals surface area contributed by atoms with E-state index in [2.05, 4.69) is 19.1 Å². The maximum atomic E-state index is 6.53. The smallest absolute Gasteiger partial charge is 0.119 e. The second kappa shape index (κ2) is 4.83. The predicted octanol–water partition coefficient (Wildman–Crippen LogP) is 3.23. The summed E-state index contributed by atoms with van der Waals surface area (Å²) in [6.07, 6.45) is 0. The van der Waals surface area contributed by atoms with E-state index >= 15 is 0 Å². The van der Waals surface area contributed by atoms with Crippen LogP contribution in [0.5, 0.6) is 5.75 Å². The quantitative estimate of drug-likeness (QED) is 0.895. The van der Waals surface area contributed by atoms with Gasteiger partial charge in [0.15, 0.2) is 0 Å². The molecular weight excluding hydrogens is 222 g/mol. The van der Waals surface area contributed by atoms with Gasteiger partial charge in [-0.05, 0) is 42.7 Å². The van der Waals surface area contributed by atoms with E-state index in [-0.39, 0.29) is 0 Å². The molecule has 0 saturated carbocycles. The molecule has 2 N–H and O–H groups in total. The number of ether oxygens (including phenoxy) is 1. The SMILES string of the molecule is COc1cccc(C(C)(N)c2ccccc2C)c1. The van der Waals surface area contributed by atoms with E-state index in [1.807, 2.05) is 43.3 Å².